The topological polar surface area (TPSA) is 47.6 Å². The van der Waals surface area contributed by atoms with Crippen molar-refractivity contribution < 1.29 is 14.3 Å². The van der Waals surface area contributed by atoms with E-state index in [0.717, 1.165) is 12.8 Å². The Morgan fingerprint density at radius 2 is 1.94 bits per heavy atom. The van der Waals surface area contributed by atoms with Gasteiger partial charge in [0.2, 0.25) is 0 Å². The minimum atomic E-state index is -0.544. The molecule has 4 nitrogen and oxygen atoms in total. The van der Waals surface area contributed by atoms with E-state index >= 15 is 0 Å². The van der Waals surface area contributed by atoms with Gasteiger partial charge in [-0.15, -0.1) is 0 Å². The van der Waals surface area contributed by atoms with E-state index in [1.165, 1.54) is 12.8 Å². The first-order chi connectivity index (χ1) is 8.06. The van der Waals surface area contributed by atoms with E-state index in [0.29, 0.717) is 19.1 Å². The molecule has 0 atom stereocenters. The number of nitrogens with one attached hydrogen (secondary N) is 1. The summed E-state index contributed by atoms with van der Waals surface area (Å²) in [6.45, 7) is 7.01. The van der Waals surface area contributed by atoms with Gasteiger partial charge in [0.05, 0.1) is 13.2 Å². The van der Waals surface area contributed by atoms with Gasteiger partial charge in [-0.05, 0) is 24.6 Å². The molecule has 0 aromatic rings. The van der Waals surface area contributed by atoms with E-state index in [9.17, 15) is 4.79 Å². The second kappa shape index (κ2) is 10.3. The van der Waals surface area contributed by atoms with Gasteiger partial charge in [0.1, 0.15) is 0 Å². The zero-order valence-electron chi connectivity index (χ0n) is 11.0. The Labute approximate surface area is 109 Å². The molecule has 0 bridgehead atoms. The molecule has 0 radical (unpaired) electrons. The van der Waals surface area contributed by atoms with Crippen LogP contribution in [-0.2, 0) is 9.47 Å². The molecule has 1 N–H and O–H groups in total. The summed E-state index contributed by atoms with van der Waals surface area (Å²) in [7, 11) is 0. The lowest BCUT2D eigenvalue weighted by atomic mass is 10.2. The number of hydrogen-bond acceptors (Lipinski definition) is 4. The summed E-state index contributed by atoms with van der Waals surface area (Å²) in [6.07, 6.45) is 3.91. The minimum Gasteiger partial charge on any atom is -0.471 e. The molecule has 0 aliphatic carbocycles. The van der Waals surface area contributed by atoms with Crippen molar-refractivity contribution >= 4 is 23.5 Å². The molecule has 0 rings (SSSR count). The van der Waals surface area contributed by atoms with Crippen molar-refractivity contribution in [3.63, 3.8) is 0 Å². The van der Waals surface area contributed by atoms with Crippen LogP contribution in [0.4, 0.5) is 4.79 Å². The smallest absolute Gasteiger partial charge is 0.414 e. The maximum Gasteiger partial charge on any atom is 0.414 e. The number of rotatable bonds is 7. The van der Waals surface area contributed by atoms with E-state index in [4.69, 9.17) is 21.7 Å². The number of thiocarbonyl (C=S) groups is 1. The monoisotopic (exact) mass is 261 g/mol. The molecule has 0 aromatic carbocycles. The van der Waals surface area contributed by atoms with Gasteiger partial charge < -0.3 is 9.47 Å². The quantitative estimate of drug-likeness (QED) is 0.564. The fourth-order valence-corrected chi connectivity index (χ4v) is 1.26. The number of carbonyl (C=O) groups is 1. The molecule has 1 amide bonds. The third kappa shape index (κ3) is 11.4. The van der Waals surface area contributed by atoms with Crippen molar-refractivity contribution in [3.8, 4) is 0 Å². The van der Waals surface area contributed by atoms with Crippen LogP contribution in [0.15, 0.2) is 0 Å². The van der Waals surface area contributed by atoms with E-state index < -0.39 is 6.09 Å². The van der Waals surface area contributed by atoms with Gasteiger partial charge in [-0.2, -0.15) is 0 Å². The summed E-state index contributed by atoms with van der Waals surface area (Å²) in [4.78, 5) is 11.2. The Morgan fingerprint density at radius 3 is 2.53 bits per heavy atom. The van der Waals surface area contributed by atoms with Crippen molar-refractivity contribution in [1.29, 1.82) is 0 Å². The average Bonchev–Trinajstić information content (AvgIpc) is 2.26. The number of ether oxygens (including phenoxy) is 2. The van der Waals surface area contributed by atoms with Gasteiger partial charge in [-0.25, -0.2) is 4.79 Å². The van der Waals surface area contributed by atoms with Crippen LogP contribution in [-0.4, -0.2) is 24.5 Å². The Morgan fingerprint density at radius 1 is 1.24 bits per heavy atom. The lowest BCUT2D eigenvalue weighted by Crippen LogP contribution is -2.32. The van der Waals surface area contributed by atoms with Crippen molar-refractivity contribution in [2.24, 2.45) is 5.92 Å². The van der Waals surface area contributed by atoms with E-state index in [2.05, 4.69) is 12.2 Å². The fraction of sp³-hybridized carbons (Fsp3) is 0.833. The molecular formula is C12H23NO3S. The molecule has 0 heterocycles. The summed E-state index contributed by atoms with van der Waals surface area (Å²) < 4.78 is 10.1. The van der Waals surface area contributed by atoms with Crippen LogP contribution >= 0.6 is 12.2 Å². The fourth-order valence-electron chi connectivity index (χ4n) is 1.09. The van der Waals surface area contributed by atoms with E-state index in [-0.39, 0.29) is 5.17 Å². The minimum absolute atomic E-state index is 0.0928. The summed E-state index contributed by atoms with van der Waals surface area (Å²) in [6, 6.07) is 0. The van der Waals surface area contributed by atoms with Gasteiger partial charge in [0, 0.05) is 0 Å². The highest BCUT2D eigenvalue weighted by atomic mass is 32.1. The first-order valence-corrected chi connectivity index (χ1v) is 6.57. The second-order valence-electron chi connectivity index (χ2n) is 4.31. The van der Waals surface area contributed by atoms with Crippen LogP contribution < -0.4 is 5.32 Å². The predicted molar refractivity (Wildman–Crippen MR) is 72.0 cm³/mol. The lowest BCUT2D eigenvalue weighted by molar-refractivity contribution is 0.135. The average molecular weight is 261 g/mol. The van der Waals surface area contributed by atoms with Crippen LogP contribution in [0.25, 0.3) is 0 Å². The number of unbranched alkanes of at least 4 members (excludes halogenated alkanes) is 3. The van der Waals surface area contributed by atoms with Gasteiger partial charge in [0.15, 0.2) is 0 Å². The molecule has 0 fully saturated rings. The van der Waals surface area contributed by atoms with Gasteiger partial charge in [-0.1, -0.05) is 40.0 Å². The summed E-state index contributed by atoms with van der Waals surface area (Å²) >= 11 is 4.85. The predicted octanol–water partition coefficient (Wildman–Crippen LogP) is 3.25. The number of amides is 1. The highest BCUT2D eigenvalue weighted by Crippen LogP contribution is 1.99. The third-order valence-electron chi connectivity index (χ3n) is 1.98. The van der Waals surface area contributed by atoms with Crippen LogP contribution in [0, 0.1) is 5.92 Å². The maximum absolute atomic E-state index is 11.2. The van der Waals surface area contributed by atoms with Crippen molar-refractivity contribution in [2.75, 3.05) is 13.2 Å². The highest BCUT2D eigenvalue weighted by molar-refractivity contribution is 7.80. The standard InChI is InChI=1S/C12H23NO3S/c1-4-5-6-7-8-15-12(17)13-11(14)16-9-10(2)3/h10H,4-9H2,1-3H3,(H,13,14,17). The summed E-state index contributed by atoms with van der Waals surface area (Å²) in [5, 5.41) is 2.47. The normalized spacial score (nSPS) is 10.1. The number of carbonyl (C=O) groups excluding carboxylic acids is 1. The van der Waals surface area contributed by atoms with Gasteiger partial charge in [0.25, 0.3) is 5.17 Å². The molecule has 0 aromatic heterocycles. The van der Waals surface area contributed by atoms with Crippen LogP contribution in [0.1, 0.15) is 46.5 Å². The molecule has 5 heteroatoms. The highest BCUT2D eigenvalue weighted by Gasteiger charge is 2.06. The SMILES string of the molecule is CCCCCCOC(=S)NC(=O)OCC(C)C. The molecule has 0 saturated heterocycles. The van der Waals surface area contributed by atoms with Crippen molar-refractivity contribution in [1.82, 2.24) is 5.32 Å². The molecular weight excluding hydrogens is 238 g/mol. The maximum atomic E-state index is 11.2. The Bertz CT molecular complexity index is 232. The van der Waals surface area contributed by atoms with Crippen molar-refractivity contribution in [2.45, 2.75) is 46.5 Å². The van der Waals surface area contributed by atoms with Crippen molar-refractivity contribution in [3.05, 3.63) is 0 Å². The molecule has 0 saturated carbocycles. The molecule has 0 aliphatic heterocycles. The second-order valence-corrected chi connectivity index (χ2v) is 4.68. The molecule has 100 valence electrons. The summed E-state index contributed by atoms with van der Waals surface area (Å²) in [5.74, 6) is 0.310. The van der Waals surface area contributed by atoms with Crippen LogP contribution in [0.5, 0.6) is 0 Å². The molecule has 0 aliphatic rings. The van der Waals surface area contributed by atoms with E-state index in [1.54, 1.807) is 0 Å². The Balaban J connectivity index is 3.47. The number of hydrogen-bond donors (Lipinski definition) is 1. The Hall–Kier alpha value is -0.840. The zero-order valence-corrected chi connectivity index (χ0v) is 11.8. The van der Waals surface area contributed by atoms with Crippen LogP contribution in [0.3, 0.4) is 0 Å². The van der Waals surface area contributed by atoms with E-state index in [1.807, 2.05) is 13.8 Å². The largest absolute Gasteiger partial charge is 0.471 e. The molecule has 17 heavy (non-hydrogen) atoms. The first kappa shape index (κ1) is 16.2. The molecule has 0 spiro atoms. The Kier molecular flexibility index (Phi) is 9.81. The zero-order chi connectivity index (χ0) is 13.1. The van der Waals surface area contributed by atoms with Gasteiger partial charge >= 0.3 is 6.09 Å². The summed E-state index contributed by atoms with van der Waals surface area (Å²) in [5.41, 5.74) is 0. The van der Waals surface area contributed by atoms with Gasteiger partial charge in [-0.3, -0.25) is 5.32 Å². The number of alkyl carbamates (subject to hydrolysis) is 1. The third-order valence-corrected chi connectivity index (χ3v) is 2.20. The first-order valence-electron chi connectivity index (χ1n) is 6.16. The van der Waals surface area contributed by atoms with Crippen LogP contribution in [0.2, 0.25) is 0 Å². The lowest BCUT2D eigenvalue weighted by Gasteiger charge is -2.10. The molecule has 0 unspecified atom stereocenters.